The average Bonchev–Trinajstić information content (AvgIpc) is 2.66. The first-order valence-electron chi connectivity index (χ1n) is 5.98. The molecule has 0 saturated carbocycles. The van der Waals surface area contributed by atoms with Gasteiger partial charge in [0, 0.05) is 12.4 Å². The number of hydrogen-bond acceptors (Lipinski definition) is 0. The summed E-state index contributed by atoms with van der Waals surface area (Å²) in [5, 5.41) is 2.55. The first-order valence-corrected chi connectivity index (χ1v) is 5.98. The van der Waals surface area contributed by atoms with Crippen molar-refractivity contribution in [3.05, 3.63) is 36.7 Å². The maximum atomic E-state index is 3.04. The molecular weight excluding hydrogens is 194 g/mol. The molecule has 16 heavy (non-hydrogen) atoms. The van der Waals surface area contributed by atoms with Crippen molar-refractivity contribution in [1.82, 2.24) is 4.98 Å². The maximum Gasteiger partial charge on any atom is 0.00843 e. The third-order valence-electron chi connectivity index (χ3n) is 1.47. The van der Waals surface area contributed by atoms with Crippen molar-refractivity contribution < 1.29 is 0 Å². The van der Waals surface area contributed by atoms with Gasteiger partial charge in [0.1, 0.15) is 0 Å². The molecule has 0 bridgehead atoms. The largest absolute Gasteiger partial charge is 0.366 e. The minimum atomic E-state index is 0.500. The van der Waals surface area contributed by atoms with Crippen LogP contribution in [0.3, 0.4) is 0 Å². The Kier molecular flexibility index (Phi) is 6.55. The number of fused-ring (bicyclic) bond motifs is 1. The topological polar surface area (TPSA) is 15.8 Å². The number of rotatable bonds is 0. The molecule has 1 aromatic carbocycles. The molecule has 0 radical (unpaired) electrons. The SMILES string of the molecule is CC.CC(C)(C)C.c1ccc2c[nH]cc2c1. The summed E-state index contributed by atoms with van der Waals surface area (Å²) in [4.78, 5) is 3.04. The first-order chi connectivity index (χ1) is 7.47. The molecule has 0 saturated heterocycles. The Bertz CT molecular complexity index is 343. The van der Waals surface area contributed by atoms with Gasteiger partial charge in [0.05, 0.1) is 0 Å². The Morgan fingerprint density at radius 1 is 0.812 bits per heavy atom. The van der Waals surface area contributed by atoms with Gasteiger partial charge in [-0.1, -0.05) is 65.8 Å². The van der Waals surface area contributed by atoms with Crippen molar-refractivity contribution >= 4 is 10.8 Å². The molecule has 0 amide bonds. The summed E-state index contributed by atoms with van der Waals surface area (Å²) in [7, 11) is 0. The molecule has 1 nitrogen and oxygen atoms in total. The highest BCUT2D eigenvalue weighted by atomic mass is 14.6. The highest BCUT2D eigenvalue weighted by Crippen LogP contribution is 2.10. The van der Waals surface area contributed by atoms with E-state index in [1.54, 1.807) is 0 Å². The van der Waals surface area contributed by atoms with Gasteiger partial charge < -0.3 is 4.98 Å². The van der Waals surface area contributed by atoms with E-state index in [0.717, 1.165) is 0 Å². The molecule has 0 spiro atoms. The normalized spacial score (nSPS) is 9.88. The van der Waals surface area contributed by atoms with Crippen LogP contribution in [0.5, 0.6) is 0 Å². The second-order valence-corrected chi connectivity index (χ2v) is 5.08. The van der Waals surface area contributed by atoms with Crippen LogP contribution >= 0.6 is 0 Å². The lowest BCUT2D eigenvalue weighted by Gasteiger charge is -2.05. The van der Waals surface area contributed by atoms with Crippen molar-refractivity contribution in [1.29, 1.82) is 0 Å². The monoisotopic (exact) mass is 219 g/mol. The molecule has 1 aromatic heterocycles. The molecule has 1 heteroatoms. The number of aromatic amines is 1. The van der Waals surface area contributed by atoms with Gasteiger partial charge in [-0.15, -0.1) is 0 Å². The highest BCUT2D eigenvalue weighted by Gasteiger charge is 1.95. The van der Waals surface area contributed by atoms with E-state index < -0.39 is 0 Å². The Morgan fingerprint density at radius 2 is 1.12 bits per heavy atom. The molecule has 0 aliphatic rings. The van der Waals surface area contributed by atoms with Gasteiger partial charge >= 0.3 is 0 Å². The zero-order valence-corrected chi connectivity index (χ0v) is 11.5. The van der Waals surface area contributed by atoms with E-state index in [9.17, 15) is 0 Å². The lowest BCUT2D eigenvalue weighted by atomic mass is 10.0. The van der Waals surface area contributed by atoms with E-state index in [2.05, 4.69) is 44.8 Å². The lowest BCUT2D eigenvalue weighted by molar-refractivity contribution is 0.469. The third kappa shape index (κ3) is 7.10. The van der Waals surface area contributed by atoms with Crippen molar-refractivity contribution in [2.75, 3.05) is 0 Å². The number of nitrogens with one attached hydrogen (secondary N) is 1. The zero-order chi connectivity index (χ0) is 12.6. The quantitative estimate of drug-likeness (QED) is 0.623. The molecule has 0 unspecified atom stereocenters. The van der Waals surface area contributed by atoms with E-state index >= 15 is 0 Å². The molecule has 1 heterocycles. The van der Waals surface area contributed by atoms with Crippen LogP contribution < -0.4 is 0 Å². The van der Waals surface area contributed by atoms with Crippen molar-refractivity contribution in [2.24, 2.45) is 5.41 Å². The molecule has 90 valence electrons. The molecule has 0 aliphatic heterocycles. The van der Waals surface area contributed by atoms with Crippen LogP contribution in [0.1, 0.15) is 41.5 Å². The first kappa shape index (κ1) is 14.8. The van der Waals surface area contributed by atoms with Crippen LogP contribution in [-0.4, -0.2) is 4.98 Å². The van der Waals surface area contributed by atoms with Gasteiger partial charge in [-0.2, -0.15) is 0 Å². The van der Waals surface area contributed by atoms with Gasteiger partial charge in [-0.25, -0.2) is 0 Å². The van der Waals surface area contributed by atoms with Crippen LogP contribution in [0.25, 0.3) is 10.8 Å². The Morgan fingerprint density at radius 3 is 1.44 bits per heavy atom. The van der Waals surface area contributed by atoms with E-state index in [-0.39, 0.29) is 0 Å². The van der Waals surface area contributed by atoms with Crippen molar-refractivity contribution in [2.45, 2.75) is 41.5 Å². The number of aromatic nitrogens is 1. The summed E-state index contributed by atoms with van der Waals surface area (Å²) in [6.07, 6.45) is 3.99. The Balaban J connectivity index is 0.000000280. The fourth-order valence-electron chi connectivity index (χ4n) is 0.995. The summed E-state index contributed by atoms with van der Waals surface area (Å²) in [5.74, 6) is 0. The predicted molar refractivity (Wildman–Crippen MR) is 74.8 cm³/mol. The van der Waals surface area contributed by atoms with Gasteiger partial charge in [0.15, 0.2) is 0 Å². The zero-order valence-electron chi connectivity index (χ0n) is 11.5. The molecule has 2 rings (SSSR count). The highest BCUT2D eigenvalue weighted by molar-refractivity contribution is 5.81. The van der Waals surface area contributed by atoms with Crippen LogP contribution in [0.15, 0.2) is 36.7 Å². The van der Waals surface area contributed by atoms with Gasteiger partial charge in [0.25, 0.3) is 0 Å². The Hall–Kier alpha value is -1.24. The van der Waals surface area contributed by atoms with Crippen molar-refractivity contribution in [3.8, 4) is 0 Å². The van der Waals surface area contributed by atoms with Gasteiger partial charge in [-0.05, 0) is 16.2 Å². The number of H-pyrrole nitrogens is 1. The van der Waals surface area contributed by atoms with E-state index in [4.69, 9.17) is 0 Å². The summed E-state index contributed by atoms with van der Waals surface area (Å²) in [5.41, 5.74) is 0.500. The van der Waals surface area contributed by atoms with E-state index in [0.29, 0.717) is 5.41 Å². The molecule has 2 aromatic rings. The molecule has 0 aliphatic carbocycles. The smallest absolute Gasteiger partial charge is 0.00843 e. The van der Waals surface area contributed by atoms with Crippen LogP contribution in [0, 0.1) is 5.41 Å². The Labute approximate surface area is 99.9 Å². The standard InChI is InChI=1S/C8H7N.C5H12.C2H6/c1-2-4-8-6-9-5-7(8)3-1;1-5(2,3)4;1-2/h1-6,9H;1-4H3;1-2H3. The fourth-order valence-corrected chi connectivity index (χ4v) is 0.995. The van der Waals surface area contributed by atoms with E-state index in [1.165, 1.54) is 10.8 Å². The molecular formula is C15H25N. The molecule has 0 fully saturated rings. The minimum absolute atomic E-state index is 0.500. The van der Waals surface area contributed by atoms with Crippen LogP contribution in [0.2, 0.25) is 0 Å². The lowest BCUT2D eigenvalue weighted by Crippen LogP contribution is -1.93. The molecule has 0 atom stereocenters. The maximum absolute atomic E-state index is 3.04. The summed E-state index contributed by atoms with van der Waals surface area (Å²) < 4.78 is 0. The second kappa shape index (κ2) is 7.10. The summed E-state index contributed by atoms with van der Waals surface area (Å²) in [6.45, 7) is 12.8. The van der Waals surface area contributed by atoms with E-state index in [1.807, 2.05) is 38.4 Å². The minimum Gasteiger partial charge on any atom is -0.366 e. The number of hydrogen-bond donors (Lipinski definition) is 1. The summed E-state index contributed by atoms with van der Waals surface area (Å²) >= 11 is 0. The third-order valence-corrected chi connectivity index (χ3v) is 1.47. The second-order valence-electron chi connectivity index (χ2n) is 5.08. The van der Waals surface area contributed by atoms with Crippen molar-refractivity contribution in [3.63, 3.8) is 0 Å². The van der Waals surface area contributed by atoms with Gasteiger partial charge in [0.2, 0.25) is 0 Å². The van der Waals surface area contributed by atoms with Crippen LogP contribution in [-0.2, 0) is 0 Å². The number of benzene rings is 1. The molecule has 1 N–H and O–H groups in total. The average molecular weight is 219 g/mol. The fraction of sp³-hybridized carbons (Fsp3) is 0.467. The predicted octanol–water partition coefficient (Wildman–Crippen LogP) is 5.25. The summed E-state index contributed by atoms with van der Waals surface area (Å²) in [6, 6.07) is 8.25. The van der Waals surface area contributed by atoms with Gasteiger partial charge in [-0.3, -0.25) is 0 Å². The van der Waals surface area contributed by atoms with Crippen LogP contribution in [0.4, 0.5) is 0 Å².